The zero-order valence-corrected chi connectivity index (χ0v) is 14.0. The Morgan fingerprint density at radius 2 is 2.08 bits per heavy atom. The molecule has 8 nitrogen and oxygen atoms in total. The molecule has 0 bridgehead atoms. The number of nitrogens with zero attached hydrogens (tertiary/aromatic N) is 3. The van der Waals surface area contributed by atoms with Crippen molar-refractivity contribution >= 4 is 5.91 Å². The van der Waals surface area contributed by atoms with Crippen molar-refractivity contribution in [3.63, 3.8) is 0 Å². The maximum Gasteiger partial charge on any atom is 0.345 e. The summed E-state index contributed by atoms with van der Waals surface area (Å²) >= 11 is 0. The number of hydrogen-bond acceptors (Lipinski definition) is 5. The van der Waals surface area contributed by atoms with Gasteiger partial charge in [-0.15, -0.1) is 0 Å². The van der Waals surface area contributed by atoms with Crippen LogP contribution in [-0.4, -0.2) is 33.5 Å². The van der Waals surface area contributed by atoms with E-state index in [4.69, 9.17) is 9.47 Å². The first-order valence-corrected chi connectivity index (χ1v) is 8.39. The summed E-state index contributed by atoms with van der Waals surface area (Å²) in [6.45, 7) is 0.987. The van der Waals surface area contributed by atoms with Crippen molar-refractivity contribution in [3.8, 4) is 11.5 Å². The van der Waals surface area contributed by atoms with Crippen molar-refractivity contribution in [2.45, 2.75) is 25.4 Å². The SMILES string of the molecule is Cn1cnn(CC(=O)N[C@@H](c2ccc3c(c2)OCCO3)C2CC2)c1=O. The summed E-state index contributed by atoms with van der Waals surface area (Å²) in [4.78, 5) is 24.2. The lowest BCUT2D eigenvalue weighted by Crippen LogP contribution is -2.36. The smallest absolute Gasteiger partial charge is 0.345 e. The van der Waals surface area contributed by atoms with E-state index < -0.39 is 0 Å². The van der Waals surface area contributed by atoms with Gasteiger partial charge in [-0.1, -0.05) is 6.07 Å². The van der Waals surface area contributed by atoms with Gasteiger partial charge in [0.05, 0.1) is 6.04 Å². The van der Waals surface area contributed by atoms with Gasteiger partial charge >= 0.3 is 5.69 Å². The molecule has 1 aromatic carbocycles. The normalized spacial score (nSPS) is 17.2. The van der Waals surface area contributed by atoms with E-state index in [2.05, 4.69) is 10.4 Å². The number of ether oxygens (including phenoxy) is 2. The molecule has 2 heterocycles. The van der Waals surface area contributed by atoms with Gasteiger partial charge in [0.25, 0.3) is 0 Å². The van der Waals surface area contributed by atoms with Crippen LogP contribution in [-0.2, 0) is 18.4 Å². The first kappa shape index (κ1) is 15.7. The van der Waals surface area contributed by atoms with Crippen LogP contribution in [0.15, 0.2) is 29.3 Å². The molecule has 8 heteroatoms. The summed E-state index contributed by atoms with van der Waals surface area (Å²) in [6.07, 6.45) is 3.54. The average molecular weight is 344 g/mol. The largest absolute Gasteiger partial charge is 0.486 e. The lowest BCUT2D eigenvalue weighted by molar-refractivity contribution is -0.122. The molecular formula is C17H20N4O4. The van der Waals surface area contributed by atoms with Gasteiger partial charge < -0.3 is 14.8 Å². The van der Waals surface area contributed by atoms with Gasteiger partial charge in [-0.05, 0) is 36.5 Å². The number of benzene rings is 1. The molecule has 0 unspecified atom stereocenters. The highest BCUT2D eigenvalue weighted by Crippen LogP contribution is 2.43. The van der Waals surface area contributed by atoms with E-state index in [-0.39, 0.29) is 24.2 Å². The van der Waals surface area contributed by atoms with Gasteiger partial charge in [0.1, 0.15) is 26.1 Å². The van der Waals surface area contributed by atoms with E-state index >= 15 is 0 Å². The quantitative estimate of drug-likeness (QED) is 0.859. The topological polar surface area (TPSA) is 87.4 Å². The van der Waals surface area contributed by atoms with Crippen LogP contribution in [0.4, 0.5) is 0 Å². The summed E-state index contributed by atoms with van der Waals surface area (Å²) in [5.41, 5.74) is 0.686. The van der Waals surface area contributed by atoms with Crippen molar-refractivity contribution in [1.29, 1.82) is 0 Å². The third kappa shape index (κ3) is 3.24. The average Bonchev–Trinajstić information content (AvgIpc) is 3.42. The second-order valence-corrected chi connectivity index (χ2v) is 6.47. The number of hydrogen-bond donors (Lipinski definition) is 1. The Kier molecular flexibility index (Phi) is 3.95. The van der Waals surface area contributed by atoms with Crippen molar-refractivity contribution in [3.05, 3.63) is 40.6 Å². The van der Waals surface area contributed by atoms with Crippen LogP contribution in [0.5, 0.6) is 11.5 Å². The Morgan fingerprint density at radius 1 is 1.32 bits per heavy atom. The van der Waals surface area contributed by atoms with Gasteiger partial charge in [-0.3, -0.25) is 9.36 Å². The van der Waals surface area contributed by atoms with E-state index in [1.54, 1.807) is 7.05 Å². The Morgan fingerprint density at radius 3 is 2.76 bits per heavy atom. The Labute approximate surface area is 144 Å². The minimum absolute atomic E-state index is 0.0898. The van der Waals surface area contributed by atoms with E-state index in [0.717, 1.165) is 28.8 Å². The van der Waals surface area contributed by atoms with Crippen molar-refractivity contribution in [2.24, 2.45) is 13.0 Å². The minimum atomic E-state index is -0.308. The highest BCUT2D eigenvalue weighted by Gasteiger charge is 2.34. The molecule has 1 amide bonds. The number of nitrogens with one attached hydrogen (secondary N) is 1. The van der Waals surface area contributed by atoms with E-state index in [1.807, 2.05) is 18.2 Å². The molecule has 1 atom stereocenters. The van der Waals surface area contributed by atoms with E-state index in [0.29, 0.717) is 24.9 Å². The van der Waals surface area contributed by atoms with E-state index in [1.165, 1.54) is 10.9 Å². The minimum Gasteiger partial charge on any atom is -0.486 e. The predicted octanol–water partition coefficient (Wildman–Crippen LogP) is 0.620. The van der Waals surface area contributed by atoms with Crippen LogP contribution in [0, 0.1) is 5.92 Å². The van der Waals surface area contributed by atoms with Crippen molar-refractivity contribution in [1.82, 2.24) is 19.7 Å². The molecule has 1 saturated carbocycles. The predicted molar refractivity (Wildman–Crippen MR) is 88.5 cm³/mol. The lowest BCUT2D eigenvalue weighted by Gasteiger charge is -2.23. The molecular weight excluding hydrogens is 324 g/mol. The van der Waals surface area contributed by atoms with E-state index in [9.17, 15) is 9.59 Å². The summed E-state index contributed by atoms with van der Waals surface area (Å²) < 4.78 is 13.7. The number of fused-ring (bicyclic) bond motifs is 1. The third-order valence-corrected chi connectivity index (χ3v) is 4.52. The monoisotopic (exact) mass is 344 g/mol. The number of rotatable bonds is 5. The maximum atomic E-state index is 12.4. The molecule has 0 radical (unpaired) electrons. The Bertz CT molecular complexity index is 853. The molecule has 1 N–H and O–H groups in total. The van der Waals surface area contributed by atoms with Crippen LogP contribution >= 0.6 is 0 Å². The zero-order valence-electron chi connectivity index (χ0n) is 14.0. The second kappa shape index (κ2) is 6.27. The first-order valence-electron chi connectivity index (χ1n) is 8.39. The zero-order chi connectivity index (χ0) is 17.4. The van der Waals surface area contributed by atoms with Gasteiger partial charge in [0.2, 0.25) is 5.91 Å². The summed E-state index contributed by atoms with van der Waals surface area (Å²) in [5, 5.41) is 6.97. The molecule has 2 aromatic rings. The lowest BCUT2D eigenvalue weighted by atomic mass is 10.0. The fourth-order valence-electron chi connectivity index (χ4n) is 3.04. The van der Waals surface area contributed by atoms with Crippen LogP contribution in [0.3, 0.4) is 0 Å². The molecule has 1 aromatic heterocycles. The number of amides is 1. The van der Waals surface area contributed by atoms with Crippen LogP contribution in [0.1, 0.15) is 24.4 Å². The molecule has 1 aliphatic carbocycles. The van der Waals surface area contributed by atoms with Gasteiger partial charge in [-0.2, -0.15) is 5.10 Å². The fourth-order valence-corrected chi connectivity index (χ4v) is 3.04. The molecule has 0 spiro atoms. The standard InChI is InChI=1S/C17H20N4O4/c1-20-10-18-21(17(20)23)9-15(22)19-16(11-2-3-11)12-4-5-13-14(8-12)25-7-6-24-13/h4-5,8,10-11,16H,2-3,6-7,9H2,1H3,(H,19,22)/t16-/m1/s1. The fraction of sp³-hybridized carbons (Fsp3) is 0.471. The highest BCUT2D eigenvalue weighted by molar-refractivity contribution is 5.76. The molecule has 1 aliphatic heterocycles. The maximum absolute atomic E-state index is 12.4. The number of carbonyl (C=O) groups is 1. The summed E-state index contributed by atoms with van der Waals surface area (Å²) in [6, 6.07) is 5.69. The summed E-state index contributed by atoms with van der Waals surface area (Å²) in [5.74, 6) is 1.63. The Hall–Kier alpha value is -2.77. The van der Waals surface area contributed by atoms with Gasteiger partial charge in [0, 0.05) is 7.05 Å². The number of aryl methyl sites for hydroxylation is 1. The van der Waals surface area contributed by atoms with Crippen molar-refractivity contribution < 1.29 is 14.3 Å². The second-order valence-electron chi connectivity index (χ2n) is 6.47. The molecule has 1 fully saturated rings. The molecule has 0 saturated heterocycles. The van der Waals surface area contributed by atoms with Gasteiger partial charge in [-0.25, -0.2) is 9.48 Å². The summed E-state index contributed by atoms with van der Waals surface area (Å²) in [7, 11) is 1.60. The molecule has 4 rings (SSSR count). The molecule has 2 aliphatic rings. The first-order chi connectivity index (χ1) is 12.1. The third-order valence-electron chi connectivity index (χ3n) is 4.52. The molecule has 25 heavy (non-hydrogen) atoms. The van der Waals surface area contributed by atoms with Gasteiger partial charge in [0.15, 0.2) is 11.5 Å². The number of aromatic nitrogens is 3. The highest BCUT2D eigenvalue weighted by atomic mass is 16.6. The van der Waals surface area contributed by atoms with Crippen LogP contribution in [0.2, 0.25) is 0 Å². The molecule has 132 valence electrons. The van der Waals surface area contributed by atoms with Crippen LogP contribution < -0.4 is 20.5 Å². The number of carbonyl (C=O) groups excluding carboxylic acids is 1. The van der Waals surface area contributed by atoms with Crippen molar-refractivity contribution in [2.75, 3.05) is 13.2 Å². The Balaban J connectivity index is 1.51. The van der Waals surface area contributed by atoms with Crippen LogP contribution in [0.25, 0.3) is 0 Å².